The van der Waals surface area contributed by atoms with Crippen LogP contribution in [0.4, 0.5) is 0 Å². The topological polar surface area (TPSA) is 44.4 Å². The van der Waals surface area contributed by atoms with Crippen molar-refractivity contribution in [1.29, 1.82) is 0 Å². The Balaban J connectivity index is 1.94. The highest BCUT2D eigenvalue weighted by molar-refractivity contribution is 5.72. The second-order valence-electron chi connectivity index (χ2n) is 4.43. The van der Waals surface area contributed by atoms with Crippen LogP contribution in [0.2, 0.25) is 0 Å². The van der Waals surface area contributed by atoms with Crippen molar-refractivity contribution in [2.24, 2.45) is 5.92 Å². The minimum absolute atomic E-state index is 0.0519. The van der Waals surface area contributed by atoms with Crippen molar-refractivity contribution in [3.63, 3.8) is 0 Å². The lowest BCUT2D eigenvalue weighted by atomic mass is 9.97. The largest absolute Gasteiger partial charge is 0.355 e. The molecule has 15 heavy (non-hydrogen) atoms. The molecule has 0 atom stereocenters. The summed E-state index contributed by atoms with van der Waals surface area (Å²) in [6, 6.07) is 0. The van der Waals surface area contributed by atoms with Gasteiger partial charge in [0.2, 0.25) is 5.91 Å². The van der Waals surface area contributed by atoms with Crippen LogP contribution in [0.5, 0.6) is 0 Å². The van der Waals surface area contributed by atoms with E-state index in [0.29, 0.717) is 0 Å². The first-order valence-electron chi connectivity index (χ1n) is 5.82. The number of likely N-dealkylation sites (tertiary alicyclic amines) is 1. The number of carbonyl (C=O) groups excluding carboxylic acids is 1. The minimum atomic E-state index is 0.0519. The van der Waals surface area contributed by atoms with E-state index >= 15 is 0 Å². The van der Waals surface area contributed by atoms with Crippen LogP contribution in [-0.4, -0.2) is 50.6 Å². The fourth-order valence-corrected chi connectivity index (χ4v) is 1.90. The van der Waals surface area contributed by atoms with Gasteiger partial charge in [0.15, 0.2) is 0 Å². The molecule has 0 unspecified atom stereocenters. The molecule has 0 aromatic rings. The summed E-state index contributed by atoms with van der Waals surface area (Å²) in [4.78, 5) is 13.0. The highest BCUT2D eigenvalue weighted by Crippen LogP contribution is 2.14. The summed E-state index contributed by atoms with van der Waals surface area (Å²) in [5.41, 5.74) is 0. The Morgan fingerprint density at radius 1 is 1.33 bits per heavy atom. The minimum Gasteiger partial charge on any atom is -0.355 e. The Labute approximate surface area is 92.4 Å². The lowest BCUT2D eigenvalue weighted by Gasteiger charge is -2.29. The molecular formula is C11H23N3O. The Morgan fingerprint density at radius 3 is 2.60 bits per heavy atom. The average molecular weight is 213 g/mol. The molecule has 0 saturated carbocycles. The number of carbonyl (C=O) groups is 1. The molecule has 4 heteroatoms. The predicted octanol–water partition coefficient (Wildman–Crippen LogP) is 0.0539. The molecule has 1 rings (SSSR count). The smallest absolute Gasteiger partial charge is 0.216 e. The van der Waals surface area contributed by atoms with E-state index in [4.69, 9.17) is 0 Å². The molecule has 2 N–H and O–H groups in total. The van der Waals surface area contributed by atoms with Gasteiger partial charge in [-0.25, -0.2) is 0 Å². The number of piperidine rings is 1. The lowest BCUT2D eigenvalue weighted by molar-refractivity contribution is -0.118. The summed E-state index contributed by atoms with van der Waals surface area (Å²) in [5.74, 6) is 0.870. The van der Waals surface area contributed by atoms with Gasteiger partial charge in [-0.2, -0.15) is 0 Å². The number of rotatable bonds is 5. The van der Waals surface area contributed by atoms with Crippen molar-refractivity contribution in [2.45, 2.75) is 19.8 Å². The van der Waals surface area contributed by atoms with Gasteiger partial charge < -0.3 is 15.5 Å². The molecule has 1 saturated heterocycles. The van der Waals surface area contributed by atoms with Gasteiger partial charge >= 0.3 is 0 Å². The zero-order valence-electron chi connectivity index (χ0n) is 9.88. The SMILES string of the molecule is CC(=O)NCCNCC1CCN(C)CC1. The third-order valence-electron chi connectivity index (χ3n) is 2.95. The van der Waals surface area contributed by atoms with Gasteiger partial charge in [-0.3, -0.25) is 4.79 Å². The monoisotopic (exact) mass is 213 g/mol. The third kappa shape index (κ3) is 5.74. The number of hydrogen-bond donors (Lipinski definition) is 2. The van der Waals surface area contributed by atoms with Crippen LogP contribution in [0.15, 0.2) is 0 Å². The molecule has 4 nitrogen and oxygen atoms in total. The van der Waals surface area contributed by atoms with Gasteiger partial charge in [0.25, 0.3) is 0 Å². The molecule has 0 aromatic heterocycles. The first-order chi connectivity index (χ1) is 7.18. The van der Waals surface area contributed by atoms with Gasteiger partial charge in [-0.1, -0.05) is 0 Å². The Morgan fingerprint density at radius 2 is 2.00 bits per heavy atom. The van der Waals surface area contributed by atoms with Gasteiger partial charge in [-0.15, -0.1) is 0 Å². The fraction of sp³-hybridized carbons (Fsp3) is 0.909. The second-order valence-corrected chi connectivity index (χ2v) is 4.43. The predicted molar refractivity (Wildman–Crippen MR) is 61.8 cm³/mol. The van der Waals surface area contributed by atoms with Gasteiger partial charge in [0.1, 0.15) is 0 Å². The van der Waals surface area contributed by atoms with E-state index in [2.05, 4.69) is 22.6 Å². The quantitative estimate of drug-likeness (QED) is 0.635. The van der Waals surface area contributed by atoms with Crippen LogP contribution in [0.25, 0.3) is 0 Å². The van der Waals surface area contributed by atoms with Crippen LogP contribution in [0.1, 0.15) is 19.8 Å². The molecule has 88 valence electrons. The summed E-state index contributed by atoms with van der Waals surface area (Å²) in [6.07, 6.45) is 2.59. The van der Waals surface area contributed by atoms with Gasteiger partial charge in [0.05, 0.1) is 0 Å². The molecule has 0 radical (unpaired) electrons. The maximum atomic E-state index is 10.6. The Kier molecular flexibility index (Phi) is 5.65. The summed E-state index contributed by atoms with van der Waals surface area (Å²) in [6.45, 7) is 6.70. The van der Waals surface area contributed by atoms with E-state index in [9.17, 15) is 4.79 Å². The first-order valence-corrected chi connectivity index (χ1v) is 5.82. The van der Waals surface area contributed by atoms with E-state index in [1.165, 1.54) is 25.9 Å². The summed E-state index contributed by atoms with van der Waals surface area (Å²) >= 11 is 0. The second kappa shape index (κ2) is 6.80. The molecule has 1 heterocycles. The number of hydrogen-bond acceptors (Lipinski definition) is 3. The van der Waals surface area contributed by atoms with Crippen LogP contribution in [-0.2, 0) is 4.79 Å². The average Bonchev–Trinajstić information content (AvgIpc) is 2.20. The Hall–Kier alpha value is -0.610. The zero-order valence-corrected chi connectivity index (χ0v) is 9.88. The lowest BCUT2D eigenvalue weighted by Crippen LogP contribution is -2.37. The fourth-order valence-electron chi connectivity index (χ4n) is 1.90. The molecule has 1 aliphatic rings. The van der Waals surface area contributed by atoms with E-state index in [1.54, 1.807) is 6.92 Å². The number of amides is 1. The van der Waals surface area contributed by atoms with Crippen LogP contribution in [0, 0.1) is 5.92 Å². The number of nitrogens with zero attached hydrogens (tertiary/aromatic N) is 1. The van der Waals surface area contributed by atoms with Crippen molar-refractivity contribution >= 4 is 5.91 Å². The Bertz CT molecular complexity index is 188. The molecule has 1 fully saturated rings. The van der Waals surface area contributed by atoms with E-state index < -0.39 is 0 Å². The zero-order chi connectivity index (χ0) is 11.1. The summed E-state index contributed by atoms with van der Waals surface area (Å²) in [7, 11) is 2.18. The van der Waals surface area contributed by atoms with Gasteiger partial charge in [0, 0.05) is 20.0 Å². The molecule has 0 aromatic carbocycles. The van der Waals surface area contributed by atoms with Crippen molar-refractivity contribution < 1.29 is 4.79 Å². The van der Waals surface area contributed by atoms with E-state index in [1.807, 2.05) is 0 Å². The van der Waals surface area contributed by atoms with E-state index in [-0.39, 0.29) is 5.91 Å². The van der Waals surface area contributed by atoms with Crippen molar-refractivity contribution in [3.8, 4) is 0 Å². The van der Waals surface area contributed by atoms with Crippen LogP contribution < -0.4 is 10.6 Å². The van der Waals surface area contributed by atoms with E-state index in [0.717, 1.165) is 25.6 Å². The highest BCUT2D eigenvalue weighted by atomic mass is 16.1. The van der Waals surface area contributed by atoms with Crippen LogP contribution >= 0.6 is 0 Å². The molecular weight excluding hydrogens is 190 g/mol. The molecule has 0 aliphatic carbocycles. The van der Waals surface area contributed by atoms with Crippen LogP contribution in [0.3, 0.4) is 0 Å². The molecule has 0 spiro atoms. The van der Waals surface area contributed by atoms with Crippen molar-refractivity contribution in [3.05, 3.63) is 0 Å². The van der Waals surface area contributed by atoms with Gasteiger partial charge in [-0.05, 0) is 45.4 Å². The maximum absolute atomic E-state index is 10.6. The maximum Gasteiger partial charge on any atom is 0.216 e. The first kappa shape index (κ1) is 12.5. The third-order valence-corrected chi connectivity index (χ3v) is 2.95. The normalized spacial score (nSPS) is 19.1. The summed E-state index contributed by atoms with van der Waals surface area (Å²) in [5, 5.41) is 6.17. The summed E-state index contributed by atoms with van der Waals surface area (Å²) < 4.78 is 0. The van der Waals surface area contributed by atoms with Crippen molar-refractivity contribution in [2.75, 3.05) is 39.8 Å². The number of nitrogens with one attached hydrogen (secondary N) is 2. The molecule has 1 amide bonds. The molecule has 0 bridgehead atoms. The van der Waals surface area contributed by atoms with Crippen molar-refractivity contribution in [1.82, 2.24) is 15.5 Å². The molecule has 1 aliphatic heterocycles. The highest BCUT2D eigenvalue weighted by Gasteiger charge is 2.15. The standard InChI is InChI=1S/C11H23N3O/c1-10(15)13-6-5-12-9-11-3-7-14(2)8-4-11/h11-12H,3-9H2,1-2H3,(H,13,15).